The summed E-state index contributed by atoms with van der Waals surface area (Å²) in [6, 6.07) is 5.03. The van der Waals surface area contributed by atoms with Crippen molar-refractivity contribution in [2.75, 3.05) is 38.5 Å². The Morgan fingerprint density at radius 2 is 1.91 bits per heavy atom. The predicted octanol–water partition coefficient (Wildman–Crippen LogP) is 1.45. The van der Waals surface area contributed by atoms with E-state index in [2.05, 4.69) is 10.2 Å². The second-order valence-electron chi connectivity index (χ2n) is 6.05. The van der Waals surface area contributed by atoms with E-state index in [1.165, 1.54) is 4.31 Å². The van der Waals surface area contributed by atoms with Gasteiger partial charge in [-0.3, -0.25) is 4.79 Å². The number of carbonyl (C=O) groups is 1. The quantitative estimate of drug-likeness (QED) is 0.869. The molecule has 0 bridgehead atoms. The van der Waals surface area contributed by atoms with Gasteiger partial charge >= 0.3 is 0 Å². The SMILES string of the molecule is C[C@H]1CC(=O)Nc2cc(S(=O)(=O)N3CCN(C)CC3)ccc2S1. The first kappa shape index (κ1) is 16.8. The minimum atomic E-state index is -3.52. The maximum Gasteiger partial charge on any atom is 0.243 e. The smallest absolute Gasteiger partial charge is 0.243 e. The Hall–Kier alpha value is -1.09. The molecule has 6 nitrogen and oxygen atoms in total. The minimum absolute atomic E-state index is 0.0714. The third-order valence-electron chi connectivity index (χ3n) is 4.13. The lowest BCUT2D eigenvalue weighted by Gasteiger charge is -2.31. The van der Waals surface area contributed by atoms with Gasteiger partial charge in [0.1, 0.15) is 0 Å². The van der Waals surface area contributed by atoms with E-state index >= 15 is 0 Å². The summed E-state index contributed by atoms with van der Waals surface area (Å²) in [6.45, 7) is 4.44. The lowest BCUT2D eigenvalue weighted by molar-refractivity contribution is -0.116. The van der Waals surface area contributed by atoms with Gasteiger partial charge in [0.25, 0.3) is 0 Å². The van der Waals surface area contributed by atoms with Crippen LogP contribution in [0.2, 0.25) is 0 Å². The summed E-state index contributed by atoms with van der Waals surface area (Å²) >= 11 is 1.59. The van der Waals surface area contributed by atoms with Crippen LogP contribution >= 0.6 is 11.8 Å². The maximum atomic E-state index is 12.8. The fourth-order valence-corrected chi connectivity index (χ4v) is 5.27. The highest BCUT2D eigenvalue weighted by Crippen LogP contribution is 2.36. The molecule has 23 heavy (non-hydrogen) atoms. The van der Waals surface area contributed by atoms with Crippen LogP contribution < -0.4 is 5.32 Å². The van der Waals surface area contributed by atoms with Crippen LogP contribution in [0.4, 0.5) is 5.69 Å². The van der Waals surface area contributed by atoms with Crippen LogP contribution in [-0.2, 0) is 14.8 Å². The van der Waals surface area contributed by atoms with Crippen LogP contribution in [0.5, 0.6) is 0 Å². The predicted molar refractivity (Wildman–Crippen MR) is 91.3 cm³/mol. The van der Waals surface area contributed by atoms with Crippen LogP contribution in [0.25, 0.3) is 0 Å². The fourth-order valence-electron chi connectivity index (χ4n) is 2.77. The summed E-state index contributed by atoms with van der Waals surface area (Å²) in [5.41, 5.74) is 0.597. The van der Waals surface area contributed by atoms with Crippen molar-refractivity contribution in [1.82, 2.24) is 9.21 Å². The third-order valence-corrected chi connectivity index (χ3v) is 7.20. The maximum absolute atomic E-state index is 12.8. The number of nitrogens with one attached hydrogen (secondary N) is 1. The summed E-state index contributed by atoms with van der Waals surface area (Å²) < 4.78 is 27.1. The lowest BCUT2D eigenvalue weighted by atomic mass is 10.3. The number of hydrogen-bond acceptors (Lipinski definition) is 5. The van der Waals surface area contributed by atoms with Crippen molar-refractivity contribution in [1.29, 1.82) is 0 Å². The first-order chi connectivity index (χ1) is 10.9. The van der Waals surface area contributed by atoms with E-state index in [-0.39, 0.29) is 16.1 Å². The summed E-state index contributed by atoms with van der Waals surface area (Å²) in [4.78, 5) is 15.1. The summed E-state index contributed by atoms with van der Waals surface area (Å²) in [5.74, 6) is -0.0714. The van der Waals surface area contributed by atoms with Crippen molar-refractivity contribution in [3.05, 3.63) is 18.2 Å². The van der Waals surface area contributed by atoms with Gasteiger partial charge in [-0.1, -0.05) is 6.92 Å². The number of likely N-dealkylation sites (N-methyl/N-ethyl adjacent to an activating group) is 1. The van der Waals surface area contributed by atoms with E-state index < -0.39 is 10.0 Å². The molecule has 0 radical (unpaired) electrons. The molecular formula is C15H21N3O3S2. The van der Waals surface area contributed by atoms with E-state index in [4.69, 9.17) is 0 Å². The van der Waals surface area contributed by atoms with Crippen molar-refractivity contribution < 1.29 is 13.2 Å². The molecule has 3 rings (SSSR count). The van der Waals surface area contributed by atoms with Gasteiger partial charge in [0.15, 0.2) is 0 Å². The Kier molecular flexibility index (Phi) is 4.68. The molecule has 2 aliphatic heterocycles. The number of anilines is 1. The Balaban J connectivity index is 1.90. The van der Waals surface area contributed by atoms with Gasteiger partial charge in [0.2, 0.25) is 15.9 Å². The molecule has 1 aromatic carbocycles. The molecule has 1 aromatic rings. The number of sulfonamides is 1. The summed E-state index contributed by atoms with van der Waals surface area (Å²) in [5, 5.41) is 3.00. The normalized spacial score (nSPS) is 23.9. The van der Waals surface area contributed by atoms with Gasteiger partial charge in [-0.05, 0) is 25.2 Å². The lowest BCUT2D eigenvalue weighted by Crippen LogP contribution is -2.47. The monoisotopic (exact) mass is 355 g/mol. The summed E-state index contributed by atoms with van der Waals surface area (Å²) in [6.07, 6.45) is 0.430. The Morgan fingerprint density at radius 3 is 2.61 bits per heavy atom. The fraction of sp³-hybridized carbons (Fsp3) is 0.533. The number of hydrogen-bond donors (Lipinski definition) is 1. The Labute approximate surface area is 141 Å². The van der Waals surface area contributed by atoms with E-state index in [9.17, 15) is 13.2 Å². The van der Waals surface area contributed by atoms with Gasteiger partial charge in [-0.15, -0.1) is 11.8 Å². The number of amides is 1. The number of piperazine rings is 1. The molecule has 1 fully saturated rings. The number of fused-ring (bicyclic) bond motifs is 1. The number of nitrogens with zero attached hydrogens (tertiary/aromatic N) is 2. The molecule has 2 aliphatic rings. The third kappa shape index (κ3) is 3.55. The zero-order valence-electron chi connectivity index (χ0n) is 13.3. The molecule has 0 spiro atoms. The Morgan fingerprint density at radius 1 is 1.22 bits per heavy atom. The van der Waals surface area contributed by atoms with Crippen LogP contribution in [0.15, 0.2) is 28.0 Å². The Bertz CT molecular complexity index is 713. The summed E-state index contributed by atoms with van der Waals surface area (Å²) in [7, 11) is -1.53. The van der Waals surface area contributed by atoms with Gasteiger partial charge < -0.3 is 10.2 Å². The van der Waals surface area contributed by atoms with E-state index in [0.29, 0.717) is 25.2 Å². The molecule has 2 heterocycles. The molecule has 0 aromatic heterocycles. The van der Waals surface area contributed by atoms with Crippen molar-refractivity contribution in [2.24, 2.45) is 0 Å². The van der Waals surface area contributed by atoms with E-state index in [1.807, 2.05) is 14.0 Å². The molecule has 126 valence electrons. The van der Waals surface area contributed by atoms with Gasteiger partial charge in [-0.2, -0.15) is 4.31 Å². The molecule has 1 atom stereocenters. The average molecular weight is 355 g/mol. The van der Waals surface area contributed by atoms with Crippen molar-refractivity contribution in [3.8, 4) is 0 Å². The molecule has 0 aliphatic carbocycles. The number of rotatable bonds is 2. The molecule has 1 saturated heterocycles. The number of carbonyl (C=O) groups excluding carboxylic acids is 1. The standard InChI is InChI=1S/C15H21N3O3S2/c1-11-9-15(19)16-13-10-12(3-4-14(13)22-11)23(20,21)18-7-5-17(2)6-8-18/h3-4,10-11H,5-9H2,1-2H3,(H,16,19)/t11-/m0/s1. The highest BCUT2D eigenvalue weighted by Gasteiger charge is 2.29. The highest BCUT2D eigenvalue weighted by atomic mass is 32.2. The molecular weight excluding hydrogens is 334 g/mol. The topological polar surface area (TPSA) is 69.7 Å². The second kappa shape index (κ2) is 6.43. The zero-order valence-corrected chi connectivity index (χ0v) is 14.9. The first-order valence-electron chi connectivity index (χ1n) is 7.65. The van der Waals surface area contributed by atoms with Crippen molar-refractivity contribution >= 4 is 33.4 Å². The first-order valence-corrected chi connectivity index (χ1v) is 9.97. The highest BCUT2D eigenvalue weighted by molar-refractivity contribution is 8.00. The number of benzene rings is 1. The molecule has 1 N–H and O–H groups in total. The molecule has 1 amide bonds. The molecule has 0 unspecified atom stereocenters. The zero-order chi connectivity index (χ0) is 16.6. The van der Waals surface area contributed by atoms with Crippen molar-refractivity contribution in [3.63, 3.8) is 0 Å². The van der Waals surface area contributed by atoms with Gasteiger partial charge in [-0.25, -0.2) is 8.42 Å². The van der Waals surface area contributed by atoms with Gasteiger partial charge in [0, 0.05) is 42.7 Å². The molecule has 8 heteroatoms. The largest absolute Gasteiger partial charge is 0.325 e. The number of thioether (sulfide) groups is 1. The van der Waals surface area contributed by atoms with Crippen LogP contribution in [0.1, 0.15) is 13.3 Å². The van der Waals surface area contributed by atoms with E-state index in [0.717, 1.165) is 18.0 Å². The van der Waals surface area contributed by atoms with Gasteiger partial charge in [0.05, 0.1) is 10.6 Å². The van der Waals surface area contributed by atoms with Crippen LogP contribution in [0, 0.1) is 0 Å². The van der Waals surface area contributed by atoms with Crippen LogP contribution in [-0.4, -0.2) is 62.0 Å². The second-order valence-corrected chi connectivity index (χ2v) is 9.46. The minimum Gasteiger partial charge on any atom is -0.325 e. The van der Waals surface area contributed by atoms with E-state index in [1.54, 1.807) is 30.0 Å². The molecule has 0 saturated carbocycles. The average Bonchev–Trinajstić information content (AvgIpc) is 2.63. The van der Waals surface area contributed by atoms with Crippen molar-refractivity contribution in [2.45, 2.75) is 28.4 Å². The van der Waals surface area contributed by atoms with Crippen LogP contribution in [0.3, 0.4) is 0 Å².